The maximum atomic E-state index is 12.8. The first-order chi connectivity index (χ1) is 13.0. The first kappa shape index (κ1) is 18.6. The van der Waals surface area contributed by atoms with Crippen molar-refractivity contribution >= 4 is 26.7 Å². The molecule has 0 aliphatic carbocycles. The van der Waals surface area contributed by atoms with Gasteiger partial charge in [-0.05, 0) is 44.7 Å². The van der Waals surface area contributed by atoms with Crippen LogP contribution in [0.3, 0.4) is 0 Å². The number of fused-ring (bicyclic) bond motifs is 1. The van der Waals surface area contributed by atoms with Crippen molar-refractivity contribution < 1.29 is 13.2 Å². The highest BCUT2D eigenvalue weighted by Gasteiger charge is 2.35. The van der Waals surface area contributed by atoms with Gasteiger partial charge in [0.25, 0.3) is 0 Å². The monoisotopic (exact) mass is 390 g/mol. The SMILES string of the molecule is Cc1ccc2ncnc(NC3CCN(S(=O)(=O)C4CCOCC4)CC3)c2c1. The van der Waals surface area contributed by atoms with Crippen LogP contribution < -0.4 is 5.32 Å². The molecule has 0 bridgehead atoms. The van der Waals surface area contributed by atoms with Crippen LogP contribution in [0.2, 0.25) is 0 Å². The summed E-state index contributed by atoms with van der Waals surface area (Å²) in [4.78, 5) is 8.74. The Morgan fingerprint density at radius 1 is 1.11 bits per heavy atom. The molecule has 27 heavy (non-hydrogen) atoms. The standard InChI is InChI=1S/C19H26N4O3S/c1-14-2-3-18-17(12-14)19(21-13-20-18)22-15-4-8-23(9-5-15)27(24,25)16-6-10-26-11-7-16/h2-3,12-13,15-16H,4-11H2,1H3,(H,20,21,22). The van der Waals surface area contributed by atoms with Crippen LogP contribution in [-0.4, -0.2) is 60.3 Å². The number of hydrogen-bond acceptors (Lipinski definition) is 6. The molecule has 2 saturated heterocycles. The summed E-state index contributed by atoms with van der Waals surface area (Å²) >= 11 is 0. The molecule has 0 unspecified atom stereocenters. The van der Waals surface area contributed by atoms with E-state index in [1.165, 1.54) is 0 Å². The zero-order valence-corrected chi connectivity index (χ0v) is 16.4. The summed E-state index contributed by atoms with van der Waals surface area (Å²) in [6, 6.07) is 6.34. The maximum absolute atomic E-state index is 12.8. The number of benzene rings is 1. The zero-order valence-electron chi connectivity index (χ0n) is 15.6. The van der Waals surface area contributed by atoms with Crippen LogP contribution in [0, 0.1) is 6.92 Å². The number of sulfonamides is 1. The van der Waals surface area contributed by atoms with Crippen LogP contribution in [0.1, 0.15) is 31.2 Å². The van der Waals surface area contributed by atoms with Crippen molar-refractivity contribution in [3.05, 3.63) is 30.1 Å². The number of rotatable bonds is 4. The van der Waals surface area contributed by atoms with E-state index in [-0.39, 0.29) is 11.3 Å². The predicted molar refractivity (Wildman–Crippen MR) is 105 cm³/mol. The third kappa shape index (κ3) is 3.93. The first-order valence-corrected chi connectivity index (χ1v) is 11.1. The predicted octanol–water partition coefficient (Wildman–Crippen LogP) is 2.32. The van der Waals surface area contributed by atoms with E-state index in [2.05, 4.69) is 28.3 Å². The van der Waals surface area contributed by atoms with Gasteiger partial charge in [-0.1, -0.05) is 11.6 Å². The van der Waals surface area contributed by atoms with Crippen LogP contribution in [0.25, 0.3) is 10.9 Å². The van der Waals surface area contributed by atoms with E-state index in [0.717, 1.165) is 35.1 Å². The molecule has 8 heteroatoms. The van der Waals surface area contributed by atoms with E-state index < -0.39 is 10.0 Å². The van der Waals surface area contributed by atoms with Gasteiger partial charge in [0.1, 0.15) is 12.1 Å². The Morgan fingerprint density at radius 3 is 2.59 bits per heavy atom. The summed E-state index contributed by atoms with van der Waals surface area (Å²) < 4.78 is 32.7. The van der Waals surface area contributed by atoms with Gasteiger partial charge in [-0.15, -0.1) is 0 Å². The lowest BCUT2D eigenvalue weighted by molar-refractivity contribution is 0.0969. The fourth-order valence-electron chi connectivity index (χ4n) is 3.92. The Hall–Kier alpha value is -1.77. The Bertz CT molecular complexity index is 904. The number of nitrogens with one attached hydrogen (secondary N) is 1. The molecule has 0 atom stereocenters. The van der Waals surface area contributed by atoms with E-state index in [9.17, 15) is 8.42 Å². The second-order valence-electron chi connectivity index (χ2n) is 7.42. The molecule has 4 rings (SSSR count). The summed E-state index contributed by atoms with van der Waals surface area (Å²) in [5.41, 5.74) is 2.08. The number of nitrogens with zero attached hydrogens (tertiary/aromatic N) is 3. The van der Waals surface area contributed by atoms with Crippen molar-refractivity contribution in [2.45, 2.75) is 43.9 Å². The average molecular weight is 391 g/mol. The van der Waals surface area contributed by atoms with Gasteiger partial charge >= 0.3 is 0 Å². The summed E-state index contributed by atoms with van der Waals surface area (Å²) in [5.74, 6) is 0.828. The van der Waals surface area contributed by atoms with Gasteiger partial charge in [0.2, 0.25) is 10.0 Å². The van der Waals surface area contributed by atoms with E-state index in [4.69, 9.17) is 4.74 Å². The first-order valence-electron chi connectivity index (χ1n) is 9.58. The summed E-state index contributed by atoms with van der Waals surface area (Å²) in [7, 11) is -3.22. The minimum absolute atomic E-state index is 0.213. The molecule has 2 aromatic rings. The highest BCUT2D eigenvalue weighted by molar-refractivity contribution is 7.89. The second-order valence-corrected chi connectivity index (χ2v) is 9.63. The molecule has 7 nitrogen and oxygen atoms in total. The van der Waals surface area contributed by atoms with E-state index in [1.807, 2.05) is 12.1 Å². The molecule has 1 aromatic carbocycles. The van der Waals surface area contributed by atoms with Crippen molar-refractivity contribution in [1.29, 1.82) is 0 Å². The number of anilines is 1. The molecule has 0 saturated carbocycles. The molecule has 2 fully saturated rings. The lowest BCUT2D eigenvalue weighted by Gasteiger charge is -2.35. The van der Waals surface area contributed by atoms with Crippen LogP contribution in [0.15, 0.2) is 24.5 Å². The average Bonchev–Trinajstić information content (AvgIpc) is 2.69. The molecule has 0 spiro atoms. The van der Waals surface area contributed by atoms with Crippen LogP contribution in [0.5, 0.6) is 0 Å². The van der Waals surface area contributed by atoms with Crippen molar-refractivity contribution in [3.8, 4) is 0 Å². The Morgan fingerprint density at radius 2 is 1.85 bits per heavy atom. The highest BCUT2D eigenvalue weighted by atomic mass is 32.2. The number of piperidine rings is 1. The normalized spacial score (nSPS) is 20.8. The molecular formula is C19H26N4O3S. The molecule has 3 heterocycles. The molecule has 2 aliphatic rings. The lowest BCUT2D eigenvalue weighted by Crippen LogP contribution is -2.47. The maximum Gasteiger partial charge on any atom is 0.217 e. The van der Waals surface area contributed by atoms with Gasteiger partial charge in [0.15, 0.2) is 0 Å². The van der Waals surface area contributed by atoms with Gasteiger partial charge in [-0.2, -0.15) is 0 Å². The molecule has 2 aliphatic heterocycles. The topological polar surface area (TPSA) is 84.4 Å². The minimum atomic E-state index is -3.22. The number of ether oxygens (including phenoxy) is 1. The number of aromatic nitrogens is 2. The minimum Gasteiger partial charge on any atom is -0.381 e. The van der Waals surface area contributed by atoms with Crippen LogP contribution >= 0.6 is 0 Å². The second kappa shape index (κ2) is 7.69. The smallest absolute Gasteiger partial charge is 0.217 e. The van der Waals surface area contributed by atoms with Crippen molar-refractivity contribution in [3.63, 3.8) is 0 Å². The molecule has 0 radical (unpaired) electrons. The van der Waals surface area contributed by atoms with E-state index >= 15 is 0 Å². The summed E-state index contributed by atoms with van der Waals surface area (Å²) in [6.45, 7) is 4.25. The summed E-state index contributed by atoms with van der Waals surface area (Å²) in [5, 5.41) is 4.23. The Kier molecular flexibility index (Phi) is 5.29. The van der Waals surface area contributed by atoms with Gasteiger partial charge in [-0.25, -0.2) is 22.7 Å². The Labute approximate surface area is 160 Å². The van der Waals surface area contributed by atoms with Gasteiger partial charge in [0, 0.05) is 37.7 Å². The zero-order chi connectivity index (χ0) is 18.9. The molecule has 146 valence electrons. The van der Waals surface area contributed by atoms with Gasteiger partial charge in [0.05, 0.1) is 10.8 Å². The number of hydrogen-bond donors (Lipinski definition) is 1. The molecular weight excluding hydrogens is 364 g/mol. The fraction of sp³-hybridized carbons (Fsp3) is 0.579. The van der Waals surface area contributed by atoms with Gasteiger partial charge in [-0.3, -0.25) is 0 Å². The van der Waals surface area contributed by atoms with Crippen molar-refractivity contribution in [2.24, 2.45) is 0 Å². The third-order valence-corrected chi connectivity index (χ3v) is 7.93. The largest absolute Gasteiger partial charge is 0.381 e. The van der Waals surface area contributed by atoms with E-state index in [0.29, 0.717) is 39.1 Å². The van der Waals surface area contributed by atoms with Crippen LogP contribution in [0.4, 0.5) is 5.82 Å². The van der Waals surface area contributed by atoms with E-state index in [1.54, 1.807) is 10.6 Å². The molecule has 1 aromatic heterocycles. The molecule has 0 amide bonds. The van der Waals surface area contributed by atoms with Crippen molar-refractivity contribution in [1.82, 2.24) is 14.3 Å². The third-order valence-electron chi connectivity index (χ3n) is 5.54. The number of aryl methyl sites for hydroxylation is 1. The highest BCUT2D eigenvalue weighted by Crippen LogP contribution is 2.26. The van der Waals surface area contributed by atoms with Crippen molar-refractivity contribution in [2.75, 3.05) is 31.6 Å². The quantitative estimate of drug-likeness (QED) is 0.862. The Balaban J connectivity index is 1.42. The fourth-order valence-corrected chi connectivity index (χ4v) is 5.85. The molecule has 1 N–H and O–H groups in total. The van der Waals surface area contributed by atoms with Gasteiger partial charge < -0.3 is 10.1 Å². The lowest BCUT2D eigenvalue weighted by atomic mass is 10.1. The van der Waals surface area contributed by atoms with Crippen LogP contribution in [-0.2, 0) is 14.8 Å². The summed E-state index contributed by atoms with van der Waals surface area (Å²) in [6.07, 6.45) is 4.34.